The zero-order chi connectivity index (χ0) is 24.4. The molecular weight excluding hydrogens is 446 g/mol. The summed E-state index contributed by atoms with van der Waals surface area (Å²) in [7, 11) is 0. The Kier molecular flexibility index (Phi) is 6.85. The molecule has 4 aromatic rings. The van der Waals surface area contributed by atoms with Gasteiger partial charge >= 0.3 is 0 Å². The fraction of sp³-hybridized carbons (Fsp3) is 0.250. The number of fused-ring (bicyclic) bond motifs is 1. The molecule has 4 rings (SSSR count). The van der Waals surface area contributed by atoms with Gasteiger partial charge in [0.25, 0.3) is 5.56 Å². The summed E-state index contributed by atoms with van der Waals surface area (Å²) in [5.41, 5.74) is 2.87. The lowest BCUT2D eigenvalue weighted by atomic mass is 10.1. The van der Waals surface area contributed by atoms with E-state index in [4.69, 9.17) is 16.6 Å². The minimum absolute atomic E-state index is 0.00636. The van der Waals surface area contributed by atoms with Gasteiger partial charge in [0.05, 0.1) is 22.6 Å². The van der Waals surface area contributed by atoms with Gasteiger partial charge in [-0.1, -0.05) is 74.0 Å². The first-order valence-corrected chi connectivity index (χ1v) is 11.8. The largest absolute Gasteiger partial charge is 0.328 e. The second-order valence-electron chi connectivity index (χ2n) is 8.79. The van der Waals surface area contributed by atoms with Crippen molar-refractivity contribution >= 4 is 28.4 Å². The van der Waals surface area contributed by atoms with Crippen LogP contribution in [0.25, 0.3) is 16.6 Å². The van der Waals surface area contributed by atoms with E-state index in [1.54, 1.807) is 21.6 Å². The number of rotatable bonds is 6. The van der Waals surface area contributed by atoms with Crippen molar-refractivity contribution in [1.82, 2.24) is 14.5 Å². The first-order valence-electron chi connectivity index (χ1n) is 11.4. The highest BCUT2D eigenvalue weighted by molar-refractivity contribution is 6.31. The summed E-state index contributed by atoms with van der Waals surface area (Å²) in [6.07, 6.45) is 0. The van der Waals surface area contributed by atoms with Crippen LogP contribution in [0.2, 0.25) is 5.02 Å². The summed E-state index contributed by atoms with van der Waals surface area (Å²) in [6.45, 7) is 7.99. The predicted molar refractivity (Wildman–Crippen MR) is 137 cm³/mol. The van der Waals surface area contributed by atoms with Crippen LogP contribution in [0, 0.1) is 12.8 Å². The van der Waals surface area contributed by atoms with Crippen molar-refractivity contribution in [2.45, 2.75) is 40.3 Å². The molecule has 0 saturated carbocycles. The number of halogens is 1. The van der Waals surface area contributed by atoms with Crippen molar-refractivity contribution in [3.63, 3.8) is 0 Å². The molecule has 6 heteroatoms. The van der Waals surface area contributed by atoms with Crippen LogP contribution in [0.15, 0.2) is 77.6 Å². The Morgan fingerprint density at radius 1 is 0.971 bits per heavy atom. The number of aromatic nitrogens is 2. The molecule has 1 aromatic heterocycles. The predicted octanol–water partition coefficient (Wildman–Crippen LogP) is 6.09. The SMILES string of the molecule is Cc1c(Cl)cccc1-n1c(C(C)N(Cc2ccccc2)C(=O)C(C)C)nc2ccccc2c1=O. The average molecular weight is 474 g/mol. The lowest BCUT2D eigenvalue weighted by molar-refractivity contribution is -0.137. The van der Waals surface area contributed by atoms with E-state index in [9.17, 15) is 9.59 Å². The summed E-state index contributed by atoms with van der Waals surface area (Å²) in [5.74, 6) is 0.284. The minimum atomic E-state index is -0.467. The number of carbonyl (C=O) groups excluding carboxylic acids is 1. The van der Waals surface area contributed by atoms with Gasteiger partial charge in [-0.25, -0.2) is 4.98 Å². The number of amides is 1. The van der Waals surface area contributed by atoms with Crippen molar-refractivity contribution < 1.29 is 4.79 Å². The summed E-state index contributed by atoms with van der Waals surface area (Å²) in [6, 6.07) is 22.2. The van der Waals surface area contributed by atoms with Crippen LogP contribution in [0.1, 0.15) is 43.8 Å². The molecule has 0 saturated heterocycles. The first-order chi connectivity index (χ1) is 16.3. The second kappa shape index (κ2) is 9.82. The van der Waals surface area contributed by atoms with E-state index in [0.717, 1.165) is 11.1 Å². The Bertz CT molecular complexity index is 1400. The number of nitrogens with zero attached hydrogens (tertiary/aromatic N) is 3. The van der Waals surface area contributed by atoms with Gasteiger partial charge in [0.1, 0.15) is 5.82 Å². The Labute approximate surface area is 204 Å². The Morgan fingerprint density at radius 2 is 1.65 bits per heavy atom. The maximum atomic E-state index is 13.8. The third kappa shape index (κ3) is 4.48. The zero-order valence-corrected chi connectivity index (χ0v) is 20.6. The summed E-state index contributed by atoms with van der Waals surface area (Å²) < 4.78 is 1.61. The summed E-state index contributed by atoms with van der Waals surface area (Å²) in [4.78, 5) is 33.9. The van der Waals surface area contributed by atoms with E-state index >= 15 is 0 Å². The molecule has 3 aromatic carbocycles. The van der Waals surface area contributed by atoms with Gasteiger partial charge in [-0.3, -0.25) is 14.2 Å². The van der Waals surface area contributed by atoms with Crippen molar-refractivity contribution in [3.05, 3.63) is 105 Å². The molecule has 174 valence electrons. The fourth-order valence-electron chi connectivity index (χ4n) is 4.16. The molecule has 0 aliphatic rings. The molecular formula is C28H28ClN3O2. The Balaban J connectivity index is 1.96. The second-order valence-corrected chi connectivity index (χ2v) is 9.20. The molecule has 0 N–H and O–H groups in total. The molecule has 1 unspecified atom stereocenters. The van der Waals surface area contributed by atoms with E-state index < -0.39 is 6.04 Å². The first kappa shape index (κ1) is 23.7. The van der Waals surface area contributed by atoms with E-state index in [-0.39, 0.29) is 17.4 Å². The molecule has 34 heavy (non-hydrogen) atoms. The third-order valence-corrected chi connectivity index (χ3v) is 6.51. The van der Waals surface area contributed by atoms with Crippen LogP contribution < -0.4 is 5.56 Å². The third-order valence-electron chi connectivity index (χ3n) is 6.10. The quantitative estimate of drug-likeness (QED) is 0.340. The van der Waals surface area contributed by atoms with E-state index in [1.165, 1.54) is 0 Å². The van der Waals surface area contributed by atoms with Crippen LogP contribution in [0.3, 0.4) is 0 Å². The molecule has 0 aliphatic carbocycles. The molecule has 1 heterocycles. The van der Waals surface area contributed by atoms with Crippen LogP contribution in [0.4, 0.5) is 0 Å². The number of para-hydroxylation sites is 1. The van der Waals surface area contributed by atoms with Crippen molar-refractivity contribution in [1.29, 1.82) is 0 Å². The molecule has 5 nitrogen and oxygen atoms in total. The Hall–Kier alpha value is -3.44. The van der Waals surface area contributed by atoms with Crippen LogP contribution >= 0.6 is 11.6 Å². The van der Waals surface area contributed by atoms with Gasteiger partial charge < -0.3 is 4.90 Å². The van der Waals surface area contributed by atoms with E-state index in [2.05, 4.69) is 0 Å². The van der Waals surface area contributed by atoms with Crippen molar-refractivity contribution in [3.8, 4) is 5.69 Å². The molecule has 0 spiro atoms. The minimum Gasteiger partial charge on any atom is -0.328 e. The van der Waals surface area contributed by atoms with E-state index in [1.807, 2.05) is 88.4 Å². The number of hydrogen-bond acceptors (Lipinski definition) is 3. The van der Waals surface area contributed by atoms with Gasteiger partial charge in [-0.05, 0) is 49.2 Å². The van der Waals surface area contributed by atoms with Crippen LogP contribution in [-0.4, -0.2) is 20.4 Å². The van der Waals surface area contributed by atoms with Gasteiger partial charge in [0.15, 0.2) is 0 Å². The van der Waals surface area contributed by atoms with Gasteiger partial charge in [-0.15, -0.1) is 0 Å². The maximum absolute atomic E-state index is 13.8. The number of carbonyl (C=O) groups is 1. The fourth-order valence-corrected chi connectivity index (χ4v) is 4.33. The molecule has 1 amide bonds. The Morgan fingerprint density at radius 3 is 2.35 bits per heavy atom. The molecule has 0 bridgehead atoms. The van der Waals surface area contributed by atoms with Gasteiger partial charge in [-0.2, -0.15) is 0 Å². The highest BCUT2D eigenvalue weighted by atomic mass is 35.5. The van der Waals surface area contributed by atoms with Crippen LogP contribution in [0.5, 0.6) is 0 Å². The molecule has 0 radical (unpaired) electrons. The number of benzene rings is 3. The molecule has 0 aliphatic heterocycles. The molecule has 1 atom stereocenters. The lowest BCUT2D eigenvalue weighted by Crippen LogP contribution is -2.39. The standard InChI is InChI=1S/C28H28ClN3O2/c1-18(2)27(33)31(17-21-11-6-5-7-12-21)20(4)26-30-24-15-9-8-13-22(24)28(34)32(26)25-16-10-14-23(29)19(25)3/h5-16,18,20H,17H2,1-4H3. The van der Waals surface area contributed by atoms with Gasteiger partial charge in [0, 0.05) is 17.5 Å². The summed E-state index contributed by atoms with van der Waals surface area (Å²) in [5, 5.41) is 1.08. The van der Waals surface area contributed by atoms with E-state index in [0.29, 0.717) is 34.0 Å². The number of hydrogen-bond donors (Lipinski definition) is 0. The van der Waals surface area contributed by atoms with Crippen molar-refractivity contribution in [2.75, 3.05) is 0 Å². The summed E-state index contributed by atoms with van der Waals surface area (Å²) >= 11 is 6.43. The monoisotopic (exact) mass is 473 g/mol. The maximum Gasteiger partial charge on any atom is 0.266 e. The topological polar surface area (TPSA) is 55.2 Å². The zero-order valence-electron chi connectivity index (χ0n) is 19.8. The smallest absolute Gasteiger partial charge is 0.266 e. The average Bonchev–Trinajstić information content (AvgIpc) is 2.84. The highest BCUT2D eigenvalue weighted by Crippen LogP contribution is 2.28. The highest BCUT2D eigenvalue weighted by Gasteiger charge is 2.29. The van der Waals surface area contributed by atoms with Gasteiger partial charge in [0.2, 0.25) is 5.91 Å². The van der Waals surface area contributed by atoms with Crippen molar-refractivity contribution in [2.24, 2.45) is 5.92 Å². The lowest BCUT2D eigenvalue weighted by Gasteiger charge is -2.32. The molecule has 0 fully saturated rings. The normalized spacial score (nSPS) is 12.2. The van der Waals surface area contributed by atoms with Crippen LogP contribution in [-0.2, 0) is 11.3 Å².